The van der Waals surface area contributed by atoms with Crippen LogP contribution in [-0.4, -0.2) is 11.5 Å². The summed E-state index contributed by atoms with van der Waals surface area (Å²) in [5.74, 6) is 3.21. The standard InChI is InChI=1S/C16H31PS/c1-3-13-4-6-14(7-5-13)12-15-8-10-16(11-9-15)18(2)17/h13-17H,3-12H2,1-2H3. The van der Waals surface area contributed by atoms with E-state index in [1.54, 1.807) is 6.42 Å². The third-order valence-corrected chi connectivity index (χ3v) is 7.98. The number of hydrogen-bond acceptors (Lipinski definition) is 0. The zero-order valence-electron chi connectivity index (χ0n) is 12.3. The highest BCUT2D eigenvalue weighted by Gasteiger charge is 2.26. The molecule has 0 saturated heterocycles. The molecule has 2 heteroatoms. The molecule has 0 radical (unpaired) electrons. The Kier molecular flexibility index (Phi) is 6.22. The van der Waals surface area contributed by atoms with Crippen molar-refractivity contribution in [2.75, 3.05) is 6.26 Å². The Bertz CT molecular complexity index is 260. The minimum atomic E-state index is 0.476. The molecular weight excluding hydrogens is 255 g/mol. The number of rotatable bonds is 4. The maximum Gasteiger partial charge on any atom is 0.00303 e. The molecule has 2 rings (SSSR count). The molecule has 0 spiro atoms. The van der Waals surface area contributed by atoms with Gasteiger partial charge in [-0.2, -0.15) is 10.1 Å². The molecule has 0 aliphatic heterocycles. The molecule has 1 unspecified atom stereocenters. The van der Waals surface area contributed by atoms with E-state index in [2.05, 4.69) is 21.2 Å². The predicted octanol–water partition coefficient (Wildman–Crippen LogP) is 5.46. The highest BCUT2D eigenvalue weighted by atomic mass is 32.5. The van der Waals surface area contributed by atoms with Gasteiger partial charge in [0.15, 0.2) is 0 Å². The van der Waals surface area contributed by atoms with Crippen LogP contribution < -0.4 is 0 Å². The van der Waals surface area contributed by atoms with E-state index in [9.17, 15) is 0 Å². The summed E-state index contributed by atoms with van der Waals surface area (Å²) in [6.07, 6.45) is 17.4. The molecule has 0 heterocycles. The van der Waals surface area contributed by atoms with Gasteiger partial charge in [-0.15, -0.1) is 0 Å². The first-order valence-electron chi connectivity index (χ1n) is 8.05. The maximum absolute atomic E-state index is 3.85. The lowest BCUT2D eigenvalue weighted by atomic mass is 9.74. The van der Waals surface area contributed by atoms with Gasteiger partial charge >= 0.3 is 0 Å². The van der Waals surface area contributed by atoms with Gasteiger partial charge in [-0.25, -0.2) is 0 Å². The van der Waals surface area contributed by atoms with Gasteiger partial charge in [0, 0.05) is 5.25 Å². The summed E-state index contributed by atoms with van der Waals surface area (Å²) in [6, 6.07) is 0. The lowest BCUT2D eigenvalue weighted by Crippen LogP contribution is -2.24. The normalized spacial score (nSPS) is 39.4. The van der Waals surface area contributed by atoms with Gasteiger partial charge < -0.3 is 0 Å². The lowest BCUT2D eigenvalue weighted by Gasteiger charge is -2.34. The average molecular weight is 286 g/mol. The highest BCUT2D eigenvalue weighted by molar-refractivity contribution is 8.15. The zero-order valence-corrected chi connectivity index (χ0v) is 14.1. The smallest absolute Gasteiger partial charge is 0.00303 e. The van der Waals surface area contributed by atoms with Crippen LogP contribution in [0.3, 0.4) is 0 Å². The van der Waals surface area contributed by atoms with Crippen LogP contribution in [0.5, 0.6) is 0 Å². The van der Waals surface area contributed by atoms with Crippen LogP contribution in [0, 0.1) is 17.8 Å². The van der Waals surface area contributed by atoms with Crippen molar-refractivity contribution < 1.29 is 0 Å². The van der Waals surface area contributed by atoms with Crippen LogP contribution in [0.25, 0.3) is 0 Å². The second kappa shape index (κ2) is 7.44. The molecule has 0 aromatic carbocycles. The summed E-state index contributed by atoms with van der Waals surface area (Å²) in [6.45, 7) is 2.37. The molecule has 1 atom stereocenters. The van der Waals surface area contributed by atoms with E-state index >= 15 is 0 Å². The monoisotopic (exact) mass is 286 g/mol. The third kappa shape index (κ3) is 4.34. The SMILES string of the molecule is CCC1CCC(CC2CCC(S(C)=P)CC2)CC1. The van der Waals surface area contributed by atoms with Crippen molar-refractivity contribution in [2.45, 2.75) is 76.4 Å². The summed E-state index contributed by atoms with van der Waals surface area (Å²) in [5, 5.41) is 0.980. The summed E-state index contributed by atoms with van der Waals surface area (Å²) < 4.78 is 0. The van der Waals surface area contributed by atoms with Crippen LogP contribution in [-0.2, 0) is 10.1 Å². The van der Waals surface area contributed by atoms with Crippen LogP contribution >= 0.6 is 8.02 Å². The fourth-order valence-corrected chi connectivity index (χ4v) is 5.75. The molecule has 2 fully saturated rings. The fourth-order valence-electron chi connectivity index (χ4n) is 4.07. The minimum Gasteiger partial charge on any atom is -0.165 e. The van der Waals surface area contributed by atoms with Crippen LogP contribution in [0.4, 0.5) is 0 Å². The van der Waals surface area contributed by atoms with Gasteiger partial charge in [0.1, 0.15) is 0 Å². The largest absolute Gasteiger partial charge is 0.165 e. The molecule has 0 N–H and O–H groups in total. The van der Waals surface area contributed by atoms with Crippen molar-refractivity contribution in [1.82, 2.24) is 0 Å². The van der Waals surface area contributed by atoms with Crippen LogP contribution in [0.15, 0.2) is 0 Å². The van der Waals surface area contributed by atoms with E-state index in [-0.39, 0.29) is 0 Å². The first-order chi connectivity index (χ1) is 8.69. The molecule has 0 nitrogen and oxygen atoms in total. The zero-order chi connectivity index (χ0) is 13.0. The van der Waals surface area contributed by atoms with Crippen molar-refractivity contribution in [3.05, 3.63) is 0 Å². The molecule has 0 aromatic rings. The van der Waals surface area contributed by atoms with Crippen molar-refractivity contribution in [2.24, 2.45) is 17.8 Å². The maximum atomic E-state index is 3.85. The molecule has 106 valence electrons. The van der Waals surface area contributed by atoms with Crippen molar-refractivity contribution >= 4 is 18.1 Å². The highest BCUT2D eigenvalue weighted by Crippen LogP contribution is 2.38. The second-order valence-corrected chi connectivity index (χ2v) is 10.4. The molecule has 0 aromatic heterocycles. The Morgan fingerprint density at radius 2 is 1.28 bits per heavy atom. The molecule has 2 saturated carbocycles. The van der Waals surface area contributed by atoms with E-state index in [4.69, 9.17) is 0 Å². The molecular formula is C16H31PS. The molecule has 0 bridgehead atoms. The summed E-state index contributed by atoms with van der Waals surface area (Å²) in [4.78, 5) is 0. The van der Waals surface area contributed by atoms with E-state index in [0.717, 1.165) is 23.0 Å². The van der Waals surface area contributed by atoms with E-state index in [1.807, 2.05) is 0 Å². The van der Waals surface area contributed by atoms with E-state index in [0.29, 0.717) is 10.1 Å². The molecule has 2 aliphatic rings. The first kappa shape index (κ1) is 15.0. The van der Waals surface area contributed by atoms with Gasteiger partial charge in [0.05, 0.1) is 0 Å². The van der Waals surface area contributed by atoms with Gasteiger partial charge in [-0.05, 0) is 56.1 Å². The Morgan fingerprint density at radius 3 is 1.72 bits per heavy atom. The van der Waals surface area contributed by atoms with Gasteiger partial charge in [-0.3, -0.25) is 0 Å². The minimum absolute atomic E-state index is 0.476. The Labute approximate surface area is 119 Å². The molecule has 2 aliphatic carbocycles. The topological polar surface area (TPSA) is 0 Å². The predicted molar refractivity (Wildman–Crippen MR) is 87.7 cm³/mol. The Balaban J connectivity index is 1.67. The van der Waals surface area contributed by atoms with E-state index < -0.39 is 0 Å². The van der Waals surface area contributed by atoms with E-state index in [1.165, 1.54) is 57.8 Å². The van der Waals surface area contributed by atoms with Gasteiger partial charge in [0.25, 0.3) is 0 Å². The average Bonchev–Trinajstić information content (AvgIpc) is 2.40. The molecule has 0 amide bonds. The van der Waals surface area contributed by atoms with Gasteiger partial charge in [0.2, 0.25) is 0 Å². The summed E-state index contributed by atoms with van der Waals surface area (Å²) in [5.41, 5.74) is 0. The Morgan fingerprint density at radius 1 is 0.833 bits per heavy atom. The summed E-state index contributed by atoms with van der Waals surface area (Å²) >= 11 is 0. The lowest BCUT2D eigenvalue weighted by molar-refractivity contribution is 0.210. The van der Waals surface area contributed by atoms with Crippen molar-refractivity contribution in [3.8, 4) is 0 Å². The molecule has 18 heavy (non-hydrogen) atoms. The number of hydrogen-bond donors (Lipinski definition) is 0. The van der Waals surface area contributed by atoms with Crippen molar-refractivity contribution in [3.63, 3.8) is 0 Å². The quantitative estimate of drug-likeness (QED) is 0.602. The Hall–Kier alpha value is 0.650. The fraction of sp³-hybridized carbons (Fsp3) is 1.00. The second-order valence-electron chi connectivity index (χ2n) is 6.73. The third-order valence-electron chi connectivity index (χ3n) is 5.50. The summed E-state index contributed by atoms with van der Waals surface area (Å²) in [7, 11) is 4.32. The van der Waals surface area contributed by atoms with Crippen molar-refractivity contribution in [1.29, 1.82) is 0 Å². The van der Waals surface area contributed by atoms with Crippen LogP contribution in [0.1, 0.15) is 71.1 Å². The first-order valence-corrected chi connectivity index (χ1v) is 11.0. The van der Waals surface area contributed by atoms with Crippen LogP contribution in [0.2, 0.25) is 0 Å². The van der Waals surface area contributed by atoms with Gasteiger partial charge in [-0.1, -0.05) is 47.0 Å².